The molecule has 0 aliphatic rings. The van der Waals surface area contributed by atoms with Gasteiger partial charge in [0.05, 0.1) is 0 Å². The normalized spacial score (nSPS) is 10.7. The Morgan fingerprint density at radius 1 is 1.29 bits per heavy atom. The number of aryl methyl sites for hydroxylation is 1. The Hall–Kier alpha value is -0.980. The Morgan fingerprint density at radius 2 is 1.93 bits per heavy atom. The summed E-state index contributed by atoms with van der Waals surface area (Å²) in [6, 6.07) is 4.47. The zero-order valence-corrected chi connectivity index (χ0v) is 9.94. The van der Waals surface area contributed by atoms with Crippen LogP contribution in [0, 0.1) is 6.92 Å². The predicted molar refractivity (Wildman–Crippen MR) is 64.2 cm³/mol. The minimum absolute atomic E-state index is 0.586. The summed E-state index contributed by atoms with van der Waals surface area (Å²) in [6.07, 6.45) is 1.10. The van der Waals surface area contributed by atoms with E-state index in [4.69, 9.17) is 0 Å². The lowest BCUT2D eigenvalue weighted by Gasteiger charge is -2.18. The van der Waals surface area contributed by atoms with E-state index in [0.29, 0.717) is 5.92 Å². The predicted octanol–water partition coefficient (Wildman–Crippen LogP) is 3.72. The smallest absolute Gasteiger partial charge is 0.0407 e. The Bertz CT molecular complexity index is 313. The topological polar surface area (TPSA) is 12.0 Å². The average molecular weight is 191 g/mol. The van der Waals surface area contributed by atoms with Crippen LogP contribution in [0.2, 0.25) is 0 Å². The van der Waals surface area contributed by atoms with Crippen molar-refractivity contribution >= 4 is 5.69 Å². The molecule has 0 unspecified atom stereocenters. The molecule has 0 spiro atoms. The standard InChI is InChI=1S/C13H21N/c1-6-11-10(4)7-8-12(9(2)3)13(11)14-5/h7-9,14H,6H2,1-5H3. The highest BCUT2D eigenvalue weighted by molar-refractivity contribution is 5.61. The summed E-state index contributed by atoms with van der Waals surface area (Å²) in [5, 5.41) is 3.34. The highest BCUT2D eigenvalue weighted by Crippen LogP contribution is 2.30. The third-order valence-electron chi connectivity index (χ3n) is 2.80. The van der Waals surface area contributed by atoms with Gasteiger partial charge in [-0.25, -0.2) is 0 Å². The van der Waals surface area contributed by atoms with Crippen molar-refractivity contribution in [1.29, 1.82) is 0 Å². The molecule has 0 aromatic heterocycles. The maximum Gasteiger partial charge on any atom is 0.0407 e. The van der Waals surface area contributed by atoms with E-state index < -0.39 is 0 Å². The Kier molecular flexibility index (Phi) is 3.56. The molecule has 1 nitrogen and oxygen atoms in total. The van der Waals surface area contributed by atoms with E-state index in [9.17, 15) is 0 Å². The van der Waals surface area contributed by atoms with Gasteiger partial charge in [0.2, 0.25) is 0 Å². The number of rotatable bonds is 3. The van der Waals surface area contributed by atoms with E-state index in [-0.39, 0.29) is 0 Å². The minimum Gasteiger partial charge on any atom is -0.388 e. The monoisotopic (exact) mass is 191 g/mol. The van der Waals surface area contributed by atoms with Crippen LogP contribution in [0.5, 0.6) is 0 Å². The summed E-state index contributed by atoms with van der Waals surface area (Å²) in [5.41, 5.74) is 5.61. The molecule has 78 valence electrons. The van der Waals surface area contributed by atoms with Crippen LogP contribution in [0.25, 0.3) is 0 Å². The summed E-state index contributed by atoms with van der Waals surface area (Å²) in [5.74, 6) is 0.586. The van der Waals surface area contributed by atoms with Gasteiger partial charge in [0.15, 0.2) is 0 Å². The number of benzene rings is 1. The number of anilines is 1. The van der Waals surface area contributed by atoms with Crippen molar-refractivity contribution in [3.63, 3.8) is 0 Å². The van der Waals surface area contributed by atoms with Crippen molar-refractivity contribution in [3.05, 3.63) is 28.8 Å². The molecule has 0 saturated carbocycles. The van der Waals surface area contributed by atoms with Gasteiger partial charge < -0.3 is 5.32 Å². The van der Waals surface area contributed by atoms with Gasteiger partial charge >= 0.3 is 0 Å². The zero-order chi connectivity index (χ0) is 10.7. The van der Waals surface area contributed by atoms with Crippen LogP contribution >= 0.6 is 0 Å². The first kappa shape index (κ1) is 11.1. The largest absolute Gasteiger partial charge is 0.388 e. The van der Waals surface area contributed by atoms with Crippen molar-refractivity contribution in [2.75, 3.05) is 12.4 Å². The summed E-state index contributed by atoms with van der Waals surface area (Å²) < 4.78 is 0. The fourth-order valence-corrected chi connectivity index (χ4v) is 2.00. The number of hydrogen-bond acceptors (Lipinski definition) is 1. The van der Waals surface area contributed by atoms with Crippen LogP contribution in [-0.4, -0.2) is 7.05 Å². The van der Waals surface area contributed by atoms with Crippen LogP contribution in [0.1, 0.15) is 43.4 Å². The van der Waals surface area contributed by atoms with Crippen LogP contribution in [0.15, 0.2) is 12.1 Å². The van der Waals surface area contributed by atoms with Crippen molar-refractivity contribution in [2.45, 2.75) is 40.0 Å². The maximum atomic E-state index is 3.34. The molecule has 0 aliphatic heterocycles. The molecule has 1 N–H and O–H groups in total. The van der Waals surface area contributed by atoms with Gasteiger partial charge in [0.25, 0.3) is 0 Å². The molecule has 0 bridgehead atoms. The van der Waals surface area contributed by atoms with E-state index in [2.05, 4.69) is 45.1 Å². The van der Waals surface area contributed by atoms with Crippen LogP contribution in [-0.2, 0) is 6.42 Å². The molecular formula is C13H21N. The van der Waals surface area contributed by atoms with Crippen molar-refractivity contribution in [3.8, 4) is 0 Å². The lowest BCUT2D eigenvalue weighted by atomic mass is 9.93. The molecular weight excluding hydrogens is 170 g/mol. The fraction of sp³-hybridized carbons (Fsp3) is 0.538. The molecule has 0 atom stereocenters. The van der Waals surface area contributed by atoms with Crippen LogP contribution in [0.4, 0.5) is 5.69 Å². The van der Waals surface area contributed by atoms with Crippen LogP contribution < -0.4 is 5.32 Å². The highest BCUT2D eigenvalue weighted by atomic mass is 14.8. The molecule has 0 radical (unpaired) electrons. The molecule has 0 aliphatic carbocycles. The fourth-order valence-electron chi connectivity index (χ4n) is 2.00. The lowest BCUT2D eigenvalue weighted by molar-refractivity contribution is 0.863. The second kappa shape index (κ2) is 4.50. The first-order valence-electron chi connectivity index (χ1n) is 5.41. The first-order valence-corrected chi connectivity index (χ1v) is 5.41. The molecule has 1 heteroatoms. The molecule has 0 heterocycles. The summed E-state index contributed by atoms with van der Waals surface area (Å²) in [6.45, 7) is 8.88. The van der Waals surface area contributed by atoms with Crippen molar-refractivity contribution in [2.24, 2.45) is 0 Å². The minimum atomic E-state index is 0.586. The van der Waals surface area contributed by atoms with E-state index in [0.717, 1.165) is 6.42 Å². The molecule has 0 fully saturated rings. The first-order chi connectivity index (χ1) is 6.61. The molecule has 1 aromatic carbocycles. The SMILES string of the molecule is CCc1c(C)ccc(C(C)C)c1NC. The van der Waals surface area contributed by atoms with Gasteiger partial charge in [0.1, 0.15) is 0 Å². The molecule has 0 saturated heterocycles. The van der Waals surface area contributed by atoms with Gasteiger partial charge in [0, 0.05) is 12.7 Å². The average Bonchev–Trinajstić information content (AvgIpc) is 2.16. The molecule has 14 heavy (non-hydrogen) atoms. The van der Waals surface area contributed by atoms with Crippen molar-refractivity contribution in [1.82, 2.24) is 0 Å². The Labute approximate surface area is 87.5 Å². The second-order valence-electron chi connectivity index (χ2n) is 4.08. The van der Waals surface area contributed by atoms with Gasteiger partial charge in [-0.3, -0.25) is 0 Å². The quantitative estimate of drug-likeness (QED) is 0.767. The molecule has 0 amide bonds. The van der Waals surface area contributed by atoms with Gasteiger partial charge in [-0.05, 0) is 36.0 Å². The molecule has 1 rings (SSSR count). The van der Waals surface area contributed by atoms with E-state index >= 15 is 0 Å². The Balaban J connectivity index is 3.33. The third kappa shape index (κ3) is 1.92. The summed E-state index contributed by atoms with van der Waals surface area (Å²) in [7, 11) is 2.01. The highest BCUT2D eigenvalue weighted by Gasteiger charge is 2.10. The second-order valence-corrected chi connectivity index (χ2v) is 4.08. The van der Waals surface area contributed by atoms with Gasteiger partial charge in [-0.15, -0.1) is 0 Å². The number of hydrogen-bond donors (Lipinski definition) is 1. The van der Waals surface area contributed by atoms with Crippen LogP contribution in [0.3, 0.4) is 0 Å². The summed E-state index contributed by atoms with van der Waals surface area (Å²) >= 11 is 0. The van der Waals surface area contributed by atoms with E-state index in [1.54, 1.807) is 0 Å². The molecule has 1 aromatic rings. The maximum absolute atomic E-state index is 3.34. The van der Waals surface area contributed by atoms with Gasteiger partial charge in [-0.1, -0.05) is 32.9 Å². The van der Waals surface area contributed by atoms with Crippen molar-refractivity contribution < 1.29 is 0 Å². The van der Waals surface area contributed by atoms with Gasteiger partial charge in [-0.2, -0.15) is 0 Å². The number of nitrogens with one attached hydrogen (secondary N) is 1. The van der Waals surface area contributed by atoms with E-state index in [1.165, 1.54) is 22.4 Å². The summed E-state index contributed by atoms with van der Waals surface area (Å²) in [4.78, 5) is 0. The van der Waals surface area contributed by atoms with E-state index in [1.807, 2.05) is 7.05 Å². The lowest BCUT2D eigenvalue weighted by Crippen LogP contribution is -2.03. The Morgan fingerprint density at radius 3 is 2.36 bits per heavy atom. The zero-order valence-electron chi connectivity index (χ0n) is 9.94. The third-order valence-corrected chi connectivity index (χ3v) is 2.80.